The maximum atomic E-state index is 14.1. The number of anilines is 1. The highest BCUT2D eigenvalue weighted by Gasteiger charge is 2.46. The van der Waals surface area contributed by atoms with Crippen molar-refractivity contribution in [2.75, 3.05) is 12.3 Å². The summed E-state index contributed by atoms with van der Waals surface area (Å²) in [6.07, 6.45) is -3.65. The molecule has 1 aliphatic rings. The van der Waals surface area contributed by atoms with Crippen molar-refractivity contribution in [3.8, 4) is 0 Å². The van der Waals surface area contributed by atoms with Crippen LogP contribution in [0.1, 0.15) is 6.23 Å². The molecule has 0 aromatic carbocycles. The second-order valence-corrected chi connectivity index (χ2v) is 6.11. The Morgan fingerprint density at radius 2 is 2.17 bits per heavy atom. The molecule has 23 heavy (non-hydrogen) atoms. The number of hydrogen-bond acceptors (Lipinski definition) is 8. The topological polar surface area (TPSA) is 166 Å². The Kier molecular flexibility index (Phi) is 4.04. The van der Waals surface area contributed by atoms with E-state index in [1.165, 1.54) is 17.2 Å². The number of aliphatic hydroxyl groups is 1. The quantitative estimate of drug-likeness (QED) is 0.509. The first kappa shape index (κ1) is 16.2. The van der Waals surface area contributed by atoms with Crippen molar-refractivity contribution in [3.63, 3.8) is 0 Å². The zero-order chi connectivity index (χ0) is 16.8. The van der Waals surface area contributed by atoms with E-state index in [4.69, 9.17) is 20.3 Å². The van der Waals surface area contributed by atoms with Crippen LogP contribution in [0.2, 0.25) is 0 Å². The van der Waals surface area contributed by atoms with Crippen LogP contribution in [0.4, 0.5) is 10.2 Å². The molecule has 0 saturated carbocycles. The summed E-state index contributed by atoms with van der Waals surface area (Å²) in [5.41, 5.74) is 6.13. The van der Waals surface area contributed by atoms with Gasteiger partial charge in [-0.05, 0) is 0 Å². The van der Waals surface area contributed by atoms with Gasteiger partial charge in [-0.25, -0.2) is 23.9 Å². The van der Waals surface area contributed by atoms with Crippen LogP contribution in [0.5, 0.6) is 0 Å². The molecule has 0 radical (unpaired) electrons. The van der Waals surface area contributed by atoms with Crippen LogP contribution in [0.3, 0.4) is 0 Å². The number of aromatic nitrogens is 4. The number of nitrogens with zero attached hydrogens (tertiary/aromatic N) is 4. The Bertz CT molecular complexity index is 767. The van der Waals surface area contributed by atoms with E-state index >= 15 is 0 Å². The van der Waals surface area contributed by atoms with Crippen LogP contribution in [0.15, 0.2) is 12.7 Å². The largest absolute Gasteiger partial charge is 0.469 e. The van der Waals surface area contributed by atoms with Gasteiger partial charge in [-0.1, -0.05) is 0 Å². The van der Waals surface area contributed by atoms with Gasteiger partial charge in [-0.3, -0.25) is 9.09 Å². The van der Waals surface area contributed by atoms with E-state index in [-0.39, 0.29) is 17.0 Å². The Hall–Kier alpha value is -1.69. The Morgan fingerprint density at radius 3 is 2.87 bits per heavy atom. The molecular weight excluding hydrogens is 336 g/mol. The van der Waals surface area contributed by atoms with Crippen molar-refractivity contribution in [1.82, 2.24) is 19.5 Å². The van der Waals surface area contributed by atoms with Crippen LogP contribution < -0.4 is 5.73 Å². The van der Waals surface area contributed by atoms with Crippen LogP contribution in [-0.4, -0.2) is 59.4 Å². The van der Waals surface area contributed by atoms with Gasteiger partial charge in [0, 0.05) is 0 Å². The normalized spacial score (nSPS) is 28.5. The first-order valence-corrected chi connectivity index (χ1v) is 7.91. The van der Waals surface area contributed by atoms with E-state index < -0.39 is 39.0 Å². The third kappa shape index (κ3) is 3.04. The Labute approximate surface area is 128 Å². The lowest BCUT2D eigenvalue weighted by Crippen LogP contribution is -2.30. The van der Waals surface area contributed by atoms with Crippen molar-refractivity contribution in [1.29, 1.82) is 0 Å². The molecule has 126 valence electrons. The standard InChI is InChI=1S/C10H13FN5O6P/c11-5-4(1-21-23(18,19)20)22-10(7(5)17)16-3-15-6-8(12)13-2-14-9(6)16/h2-5,7,10,17H,1H2,(H2,12,13,14)(H2,18,19,20)/t4-,5?,7-,10-/m1/s1. The number of nitrogen functional groups attached to an aromatic ring is 1. The molecule has 1 unspecified atom stereocenters. The average Bonchev–Trinajstić information content (AvgIpc) is 3.01. The molecular formula is C10H13FN5O6P. The number of phosphoric acid groups is 1. The van der Waals surface area contributed by atoms with Crippen molar-refractivity contribution >= 4 is 24.8 Å². The number of nitrogens with two attached hydrogens (primary N) is 1. The highest BCUT2D eigenvalue weighted by atomic mass is 31.2. The Balaban J connectivity index is 1.85. The number of aliphatic hydroxyl groups excluding tert-OH is 1. The highest BCUT2D eigenvalue weighted by molar-refractivity contribution is 7.46. The van der Waals surface area contributed by atoms with E-state index in [2.05, 4.69) is 19.5 Å². The van der Waals surface area contributed by atoms with Gasteiger partial charge in [0.1, 0.15) is 24.1 Å². The summed E-state index contributed by atoms with van der Waals surface area (Å²) >= 11 is 0. The number of fused-ring (bicyclic) bond motifs is 1. The molecule has 2 aromatic rings. The van der Waals surface area contributed by atoms with Gasteiger partial charge in [-0.15, -0.1) is 0 Å². The van der Waals surface area contributed by atoms with Crippen LogP contribution >= 0.6 is 7.82 Å². The third-order valence-electron chi connectivity index (χ3n) is 3.36. The molecule has 11 nitrogen and oxygen atoms in total. The number of alkyl halides is 1. The van der Waals surface area contributed by atoms with Crippen molar-refractivity contribution in [2.45, 2.75) is 24.6 Å². The summed E-state index contributed by atoms with van der Waals surface area (Å²) in [6, 6.07) is 0. The SMILES string of the molecule is Nc1ncnc2c1ncn2[C@@H]1O[C@H](COP(=O)(O)O)C(F)[C@H]1O. The number of imidazole rings is 1. The van der Waals surface area contributed by atoms with E-state index in [0.29, 0.717) is 0 Å². The van der Waals surface area contributed by atoms with Gasteiger partial charge in [0.05, 0.1) is 12.9 Å². The van der Waals surface area contributed by atoms with E-state index in [9.17, 15) is 14.1 Å². The lowest BCUT2D eigenvalue weighted by atomic mass is 10.1. The fourth-order valence-corrected chi connectivity index (χ4v) is 2.64. The van der Waals surface area contributed by atoms with E-state index in [0.717, 1.165) is 0 Å². The molecule has 0 aliphatic carbocycles. The van der Waals surface area contributed by atoms with Gasteiger partial charge in [0.15, 0.2) is 23.9 Å². The summed E-state index contributed by atoms with van der Waals surface area (Å²) in [4.78, 5) is 29.0. The minimum absolute atomic E-state index is 0.111. The smallest absolute Gasteiger partial charge is 0.385 e. The molecule has 0 amide bonds. The molecule has 0 bridgehead atoms. The van der Waals surface area contributed by atoms with Gasteiger partial charge in [0.2, 0.25) is 0 Å². The molecule has 5 N–H and O–H groups in total. The summed E-state index contributed by atoms with van der Waals surface area (Å²) in [6.45, 7) is -0.719. The zero-order valence-electron chi connectivity index (χ0n) is 11.4. The number of rotatable bonds is 4. The van der Waals surface area contributed by atoms with Gasteiger partial charge in [-0.2, -0.15) is 0 Å². The average molecular weight is 349 g/mol. The molecule has 1 aliphatic heterocycles. The second-order valence-electron chi connectivity index (χ2n) is 4.87. The molecule has 13 heteroatoms. The molecule has 4 atom stereocenters. The molecule has 1 fully saturated rings. The number of ether oxygens (including phenoxy) is 1. The molecule has 2 aromatic heterocycles. The van der Waals surface area contributed by atoms with Gasteiger partial charge < -0.3 is 25.4 Å². The van der Waals surface area contributed by atoms with Gasteiger partial charge >= 0.3 is 7.82 Å². The van der Waals surface area contributed by atoms with E-state index in [1.807, 2.05) is 0 Å². The number of hydrogen-bond donors (Lipinski definition) is 4. The van der Waals surface area contributed by atoms with Crippen molar-refractivity contribution < 1.29 is 33.1 Å². The first-order valence-electron chi connectivity index (χ1n) is 6.38. The fourth-order valence-electron chi connectivity index (χ4n) is 2.30. The molecule has 1 saturated heterocycles. The van der Waals surface area contributed by atoms with Crippen molar-refractivity contribution in [2.24, 2.45) is 0 Å². The summed E-state index contributed by atoms with van der Waals surface area (Å²) in [5.74, 6) is 0.111. The summed E-state index contributed by atoms with van der Waals surface area (Å²) < 4.78 is 35.6. The maximum absolute atomic E-state index is 14.1. The highest BCUT2D eigenvalue weighted by Crippen LogP contribution is 2.39. The molecule has 0 spiro atoms. The third-order valence-corrected chi connectivity index (χ3v) is 3.84. The summed E-state index contributed by atoms with van der Waals surface area (Å²) in [5, 5.41) is 9.99. The number of halogens is 1. The van der Waals surface area contributed by atoms with Crippen molar-refractivity contribution in [3.05, 3.63) is 12.7 Å². The zero-order valence-corrected chi connectivity index (χ0v) is 12.3. The monoisotopic (exact) mass is 349 g/mol. The lowest BCUT2D eigenvalue weighted by molar-refractivity contribution is -0.0489. The fraction of sp³-hybridized carbons (Fsp3) is 0.500. The van der Waals surface area contributed by atoms with Crippen LogP contribution in [-0.2, 0) is 13.8 Å². The maximum Gasteiger partial charge on any atom is 0.469 e. The Morgan fingerprint density at radius 1 is 1.43 bits per heavy atom. The van der Waals surface area contributed by atoms with E-state index in [1.54, 1.807) is 0 Å². The van der Waals surface area contributed by atoms with Gasteiger partial charge in [0.25, 0.3) is 0 Å². The predicted octanol–water partition coefficient (Wildman–Crippen LogP) is -0.886. The minimum atomic E-state index is -4.77. The minimum Gasteiger partial charge on any atom is -0.385 e. The van der Waals surface area contributed by atoms with Crippen LogP contribution in [0.25, 0.3) is 11.2 Å². The lowest BCUT2D eigenvalue weighted by Gasteiger charge is -2.16. The molecule has 3 rings (SSSR count). The predicted molar refractivity (Wildman–Crippen MR) is 72.5 cm³/mol. The first-order chi connectivity index (χ1) is 10.8. The second kappa shape index (κ2) is 5.74. The summed E-state index contributed by atoms with van der Waals surface area (Å²) in [7, 11) is -4.77. The van der Waals surface area contributed by atoms with Crippen LogP contribution in [0, 0.1) is 0 Å². The molecule has 3 heterocycles. The number of phosphoric ester groups is 1.